The molecule has 0 N–H and O–H groups in total. The van der Waals surface area contributed by atoms with Crippen LogP contribution in [-0.4, -0.2) is 60.0 Å². The Labute approximate surface area is 174 Å². The number of carbonyl (C=O) groups is 2. The number of ether oxygens (including phenoxy) is 1. The number of piperidine rings is 1. The number of rotatable bonds is 3. The maximum absolute atomic E-state index is 13.5. The van der Waals surface area contributed by atoms with Crippen molar-refractivity contribution in [3.63, 3.8) is 0 Å². The van der Waals surface area contributed by atoms with E-state index in [1.165, 1.54) is 19.3 Å². The van der Waals surface area contributed by atoms with E-state index in [0.717, 1.165) is 102 Å². The van der Waals surface area contributed by atoms with E-state index in [0.29, 0.717) is 17.7 Å². The maximum atomic E-state index is 13.5. The molecule has 29 heavy (non-hydrogen) atoms. The molecule has 0 aromatic rings. The molecule has 160 valence electrons. The van der Waals surface area contributed by atoms with Gasteiger partial charge in [0, 0.05) is 25.4 Å². The predicted octanol–water partition coefficient (Wildman–Crippen LogP) is 3.22. The second-order valence-corrected chi connectivity index (χ2v) is 11.6. The molecule has 0 aromatic heterocycles. The second-order valence-electron chi connectivity index (χ2n) is 11.6. The van der Waals surface area contributed by atoms with Crippen molar-refractivity contribution in [3.8, 4) is 0 Å². The fourth-order valence-corrected chi connectivity index (χ4v) is 8.18. The van der Waals surface area contributed by atoms with Crippen LogP contribution in [0.3, 0.4) is 0 Å². The lowest BCUT2D eigenvalue weighted by Gasteiger charge is -2.60. The smallest absolute Gasteiger partial charge is 0.229 e. The SMILES string of the molecule is O=C1CCCCN1C[C@@H]1CCC2(CN(C(=O)C34CC5CC(CC(C5)C3)C4)C2)OC1. The molecule has 2 amide bonds. The zero-order chi connectivity index (χ0) is 19.6. The van der Waals surface area contributed by atoms with E-state index in [-0.39, 0.29) is 11.0 Å². The van der Waals surface area contributed by atoms with E-state index in [9.17, 15) is 9.59 Å². The Morgan fingerprint density at radius 2 is 1.72 bits per heavy atom. The van der Waals surface area contributed by atoms with Crippen LogP contribution in [0.5, 0.6) is 0 Å². The van der Waals surface area contributed by atoms with Gasteiger partial charge in [0.25, 0.3) is 0 Å². The maximum Gasteiger partial charge on any atom is 0.229 e. The minimum atomic E-state index is -0.0830. The van der Waals surface area contributed by atoms with Crippen LogP contribution in [0.25, 0.3) is 0 Å². The molecule has 0 aromatic carbocycles. The average Bonchev–Trinajstić information content (AvgIpc) is 2.67. The molecule has 1 atom stereocenters. The summed E-state index contributed by atoms with van der Waals surface area (Å²) in [5, 5.41) is 0. The van der Waals surface area contributed by atoms with Crippen molar-refractivity contribution in [2.24, 2.45) is 29.1 Å². The van der Waals surface area contributed by atoms with E-state index in [1.807, 2.05) is 0 Å². The largest absolute Gasteiger partial charge is 0.371 e. The Hall–Kier alpha value is -1.10. The summed E-state index contributed by atoms with van der Waals surface area (Å²) in [7, 11) is 0. The number of hydrogen-bond donors (Lipinski definition) is 0. The first-order valence-corrected chi connectivity index (χ1v) is 12.2. The number of hydrogen-bond acceptors (Lipinski definition) is 3. The molecule has 5 nitrogen and oxygen atoms in total. The molecule has 1 spiro atoms. The van der Waals surface area contributed by atoms with Gasteiger partial charge in [-0.15, -0.1) is 0 Å². The molecular weight excluding hydrogens is 364 g/mol. The molecule has 0 radical (unpaired) electrons. The topological polar surface area (TPSA) is 49.9 Å². The summed E-state index contributed by atoms with van der Waals surface area (Å²) in [6.45, 7) is 4.16. The highest BCUT2D eigenvalue weighted by Gasteiger charge is 2.58. The first-order chi connectivity index (χ1) is 14.0. The van der Waals surface area contributed by atoms with Crippen molar-refractivity contribution in [2.75, 3.05) is 32.8 Å². The lowest BCUT2D eigenvalue weighted by Crippen LogP contribution is -2.69. The Morgan fingerprint density at radius 1 is 1.03 bits per heavy atom. The van der Waals surface area contributed by atoms with Gasteiger partial charge in [-0.3, -0.25) is 9.59 Å². The number of nitrogens with zero attached hydrogens (tertiary/aromatic N) is 2. The molecule has 3 aliphatic heterocycles. The van der Waals surface area contributed by atoms with Crippen LogP contribution in [0.2, 0.25) is 0 Å². The summed E-state index contributed by atoms with van der Waals surface area (Å²) < 4.78 is 6.36. The van der Waals surface area contributed by atoms with Gasteiger partial charge in [0.1, 0.15) is 5.60 Å². The molecule has 7 aliphatic rings. The number of carbonyl (C=O) groups excluding carboxylic acids is 2. The van der Waals surface area contributed by atoms with Gasteiger partial charge >= 0.3 is 0 Å². The Balaban J connectivity index is 1.03. The summed E-state index contributed by atoms with van der Waals surface area (Å²) in [5.41, 5.74) is -0.0947. The molecule has 7 fully saturated rings. The van der Waals surface area contributed by atoms with Crippen LogP contribution < -0.4 is 0 Å². The third-order valence-electron chi connectivity index (χ3n) is 9.27. The molecule has 0 unspecified atom stereocenters. The van der Waals surface area contributed by atoms with Crippen LogP contribution in [0.4, 0.5) is 0 Å². The highest BCUT2D eigenvalue weighted by molar-refractivity contribution is 5.84. The summed E-state index contributed by atoms with van der Waals surface area (Å²) in [4.78, 5) is 29.8. The van der Waals surface area contributed by atoms with Gasteiger partial charge in [-0.25, -0.2) is 0 Å². The van der Waals surface area contributed by atoms with Gasteiger partial charge in [0.15, 0.2) is 0 Å². The number of amides is 2. The molecule has 4 bridgehead atoms. The summed E-state index contributed by atoms with van der Waals surface area (Å²) in [6, 6.07) is 0. The van der Waals surface area contributed by atoms with Gasteiger partial charge < -0.3 is 14.5 Å². The van der Waals surface area contributed by atoms with E-state index in [1.54, 1.807) is 0 Å². The van der Waals surface area contributed by atoms with Crippen LogP contribution in [-0.2, 0) is 14.3 Å². The number of likely N-dealkylation sites (tertiary alicyclic amines) is 2. The van der Waals surface area contributed by atoms with E-state index >= 15 is 0 Å². The van der Waals surface area contributed by atoms with Crippen LogP contribution in [0.15, 0.2) is 0 Å². The van der Waals surface area contributed by atoms with Crippen molar-refractivity contribution in [2.45, 2.75) is 76.2 Å². The third kappa shape index (κ3) is 3.14. The van der Waals surface area contributed by atoms with Gasteiger partial charge in [0.2, 0.25) is 11.8 Å². The zero-order valence-electron chi connectivity index (χ0n) is 17.7. The van der Waals surface area contributed by atoms with Crippen molar-refractivity contribution in [1.29, 1.82) is 0 Å². The van der Waals surface area contributed by atoms with Gasteiger partial charge in [-0.1, -0.05) is 0 Å². The molecule has 3 heterocycles. The van der Waals surface area contributed by atoms with Crippen molar-refractivity contribution in [3.05, 3.63) is 0 Å². The Bertz CT molecular complexity index is 653. The van der Waals surface area contributed by atoms with Gasteiger partial charge in [0.05, 0.1) is 25.1 Å². The van der Waals surface area contributed by atoms with Gasteiger partial charge in [-0.05, 0) is 82.0 Å². The highest BCUT2D eigenvalue weighted by Crippen LogP contribution is 2.61. The highest BCUT2D eigenvalue weighted by atomic mass is 16.5. The predicted molar refractivity (Wildman–Crippen MR) is 109 cm³/mol. The van der Waals surface area contributed by atoms with Crippen molar-refractivity contribution in [1.82, 2.24) is 9.80 Å². The van der Waals surface area contributed by atoms with Crippen LogP contribution in [0, 0.1) is 29.1 Å². The van der Waals surface area contributed by atoms with Gasteiger partial charge in [-0.2, -0.15) is 0 Å². The lowest BCUT2D eigenvalue weighted by molar-refractivity contribution is -0.203. The minimum absolute atomic E-state index is 0.0117. The lowest BCUT2D eigenvalue weighted by atomic mass is 9.49. The second kappa shape index (κ2) is 6.70. The molecule has 5 heteroatoms. The Morgan fingerprint density at radius 3 is 2.31 bits per heavy atom. The minimum Gasteiger partial charge on any atom is -0.371 e. The van der Waals surface area contributed by atoms with E-state index < -0.39 is 0 Å². The summed E-state index contributed by atoms with van der Waals surface area (Å²) >= 11 is 0. The Kier molecular flexibility index (Phi) is 4.31. The summed E-state index contributed by atoms with van der Waals surface area (Å²) in [6.07, 6.45) is 12.7. The first kappa shape index (κ1) is 18.7. The normalized spacial score (nSPS) is 43.0. The zero-order valence-corrected chi connectivity index (χ0v) is 17.7. The van der Waals surface area contributed by atoms with Crippen LogP contribution >= 0.6 is 0 Å². The molecule has 4 aliphatic carbocycles. The van der Waals surface area contributed by atoms with Crippen molar-refractivity contribution < 1.29 is 14.3 Å². The molecule has 4 saturated carbocycles. The summed E-state index contributed by atoms with van der Waals surface area (Å²) in [5.74, 6) is 3.73. The monoisotopic (exact) mass is 400 g/mol. The first-order valence-electron chi connectivity index (χ1n) is 12.2. The third-order valence-corrected chi connectivity index (χ3v) is 9.27. The molecular formula is C24H36N2O3. The fraction of sp³-hybridized carbons (Fsp3) is 0.917. The molecule has 7 rings (SSSR count). The molecule has 3 saturated heterocycles. The van der Waals surface area contributed by atoms with Crippen molar-refractivity contribution >= 4 is 11.8 Å². The quantitative estimate of drug-likeness (QED) is 0.731. The standard InChI is InChI=1S/C24H36N2O3/c27-21-3-1-2-6-25(21)13-17-4-5-24(29-14-17)15-26(16-24)22(28)23-10-18-7-19(11-23)9-20(8-18)12-23/h17-20H,1-16H2/t17-,18?,19?,20?,23?/m0/s1. The average molecular weight is 401 g/mol. The van der Waals surface area contributed by atoms with E-state index in [2.05, 4.69) is 9.80 Å². The van der Waals surface area contributed by atoms with Crippen LogP contribution in [0.1, 0.15) is 70.6 Å². The van der Waals surface area contributed by atoms with E-state index in [4.69, 9.17) is 4.74 Å². The fourth-order valence-electron chi connectivity index (χ4n) is 8.18.